The van der Waals surface area contributed by atoms with Gasteiger partial charge in [-0.3, -0.25) is 9.59 Å². The average molecular weight is 454 g/mol. The normalized spacial score (nSPS) is 31.7. The third-order valence-electron chi connectivity index (χ3n) is 6.78. The Hall–Kier alpha value is -1.77. The van der Waals surface area contributed by atoms with Crippen molar-refractivity contribution in [3.05, 3.63) is 11.6 Å². The molecule has 2 fully saturated rings. The molecule has 2 N–H and O–H groups in total. The van der Waals surface area contributed by atoms with Crippen molar-refractivity contribution in [1.29, 1.82) is 0 Å². The number of ether oxygens (including phenoxy) is 2. The van der Waals surface area contributed by atoms with E-state index in [9.17, 15) is 24.6 Å². The highest BCUT2D eigenvalue weighted by Gasteiger charge is 2.52. The summed E-state index contributed by atoms with van der Waals surface area (Å²) in [6.07, 6.45) is 3.31. The van der Waals surface area contributed by atoms with Crippen LogP contribution in [0.15, 0.2) is 11.6 Å². The van der Waals surface area contributed by atoms with E-state index in [0.29, 0.717) is 32.1 Å². The van der Waals surface area contributed by atoms with Gasteiger partial charge in [-0.25, -0.2) is 4.79 Å². The number of rotatable bonds is 8. The first-order valence-electron chi connectivity index (χ1n) is 11.7. The number of hydrogen-bond donors (Lipinski definition) is 2. The molecule has 0 aromatic carbocycles. The molecule has 2 aliphatic heterocycles. The monoisotopic (exact) mass is 453 g/mol. The summed E-state index contributed by atoms with van der Waals surface area (Å²) in [7, 11) is 0. The smallest absolute Gasteiger partial charge is 0.329 e. The molecule has 0 radical (unpaired) electrons. The van der Waals surface area contributed by atoms with Gasteiger partial charge >= 0.3 is 5.97 Å². The van der Waals surface area contributed by atoms with Crippen LogP contribution in [0.2, 0.25) is 0 Å². The van der Waals surface area contributed by atoms with Crippen molar-refractivity contribution in [2.24, 2.45) is 11.8 Å². The molecule has 7 atom stereocenters. The maximum atomic E-state index is 13.0. The molecule has 8 heteroatoms. The Labute approximate surface area is 190 Å². The molecule has 0 bridgehead atoms. The molecule has 7 unspecified atom stereocenters. The number of likely N-dealkylation sites (tertiary alicyclic amines) is 1. The van der Waals surface area contributed by atoms with Crippen molar-refractivity contribution in [3.8, 4) is 0 Å². The van der Waals surface area contributed by atoms with E-state index in [1.165, 1.54) is 4.90 Å². The van der Waals surface area contributed by atoms with Crippen molar-refractivity contribution in [3.63, 3.8) is 0 Å². The van der Waals surface area contributed by atoms with Crippen LogP contribution in [0.3, 0.4) is 0 Å². The summed E-state index contributed by atoms with van der Waals surface area (Å²) in [4.78, 5) is 40.1. The molecule has 0 spiro atoms. The van der Waals surface area contributed by atoms with Crippen LogP contribution in [-0.4, -0.2) is 69.5 Å². The number of carbonyl (C=O) groups excluding carboxylic acids is 3. The van der Waals surface area contributed by atoms with Gasteiger partial charge in [0.1, 0.15) is 12.1 Å². The number of Topliss-reactive ketones (excluding diaryl/α,β-unsaturated/α-hetero) is 1. The highest BCUT2D eigenvalue weighted by atomic mass is 16.6. The van der Waals surface area contributed by atoms with E-state index in [-0.39, 0.29) is 18.6 Å². The van der Waals surface area contributed by atoms with Gasteiger partial charge in [-0.1, -0.05) is 26.8 Å². The fraction of sp³-hybridized carbons (Fsp3) is 0.792. The Bertz CT molecular complexity index is 734. The van der Waals surface area contributed by atoms with Gasteiger partial charge in [-0.15, -0.1) is 0 Å². The Morgan fingerprint density at radius 1 is 1.22 bits per heavy atom. The van der Waals surface area contributed by atoms with Crippen LogP contribution >= 0.6 is 0 Å². The van der Waals surface area contributed by atoms with Gasteiger partial charge in [0, 0.05) is 18.4 Å². The summed E-state index contributed by atoms with van der Waals surface area (Å²) in [5, 5.41) is 20.6. The molecule has 8 nitrogen and oxygen atoms in total. The molecule has 2 aliphatic rings. The summed E-state index contributed by atoms with van der Waals surface area (Å²) in [6, 6.07) is -0.873. The first kappa shape index (κ1) is 26.5. The van der Waals surface area contributed by atoms with Crippen LogP contribution in [0, 0.1) is 11.8 Å². The molecule has 2 saturated heterocycles. The molecule has 2 heterocycles. The summed E-state index contributed by atoms with van der Waals surface area (Å²) < 4.78 is 11.2. The van der Waals surface area contributed by atoms with E-state index >= 15 is 0 Å². The fourth-order valence-corrected chi connectivity index (χ4v) is 4.36. The van der Waals surface area contributed by atoms with Gasteiger partial charge in [0.25, 0.3) is 11.7 Å². The SMILES string of the molecule is CCC(OC(=O)C1CCCN1C(=O)C(=O)C1(O)OC(C)CCC1C)/C(C)=C/C(C)C(C)O. The van der Waals surface area contributed by atoms with Crippen molar-refractivity contribution in [1.82, 2.24) is 4.90 Å². The predicted molar refractivity (Wildman–Crippen MR) is 118 cm³/mol. The molecular formula is C24H39NO7. The lowest BCUT2D eigenvalue weighted by Crippen LogP contribution is -2.58. The molecule has 0 saturated carbocycles. The zero-order valence-corrected chi connectivity index (χ0v) is 20.2. The first-order chi connectivity index (χ1) is 14.9. The van der Waals surface area contributed by atoms with Gasteiger partial charge in [-0.05, 0) is 58.4 Å². The number of aliphatic hydroxyl groups is 2. The molecule has 0 aromatic rings. The van der Waals surface area contributed by atoms with Gasteiger partial charge < -0.3 is 24.6 Å². The molecular weight excluding hydrogens is 414 g/mol. The van der Waals surface area contributed by atoms with E-state index in [1.807, 2.05) is 26.8 Å². The minimum atomic E-state index is -2.17. The summed E-state index contributed by atoms with van der Waals surface area (Å²) in [5.41, 5.74) is 0.828. The van der Waals surface area contributed by atoms with E-state index in [2.05, 4.69) is 0 Å². The van der Waals surface area contributed by atoms with Crippen molar-refractivity contribution in [2.75, 3.05) is 6.54 Å². The van der Waals surface area contributed by atoms with Crippen LogP contribution in [0.5, 0.6) is 0 Å². The summed E-state index contributed by atoms with van der Waals surface area (Å²) in [6.45, 7) is 11.0. The lowest BCUT2D eigenvalue weighted by Gasteiger charge is -2.39. The Morgan fingerprint density at radius 2 is 1.88 bits per heavy atom. The maximum absolute atomic E-state index is 13.0. The Morgan fingerprint density at radius 3 is 2.47 bits per heavy atom. The van der Waals surface area contributed by atoms with Gasteiger partial charge in [0.2, 0.25) is 5.79 Å². The third-order valence-corrected chi connectivity index (χ3v) is 6.78. The highest BCUT2D eigenvalue weighted by Crippen LogP contribution is 2.34. The van der Waals surface area contributed by atoms with Crippen LogP contribution in [-0.2, 0) is 23.9 Å². The highest BCUT2D eigenvalue weighted by molar-refractivity contribution is 6.39. The quantitative estimate of drug-likeness (QED) is 0.329. The second-order valence-corrected chi connectivity index (χ2v) is 9.43. The summed E-state index contributed by atoms with van der Waals surface area (Å²) >= 11 is 0. The maximum Gasteiger partial charge on any atom is 0.329 e. The number of aliphatic hydroxyl groups excluding tert-OH is 1. The van der Waals surface area contributed by atoms with Crippen molar-refractivity contribution in [2.45, 2.75) is 104 Å². The number of esters is 1. The van der Waals surface area contributed by atoms with Crippen molar-refractivity contribution < 1.29 is 34.1 Å². The van der Waals surface area contributed by atoms with Gasteiger partial charge in [-0.2, -0.15) is 0 Å². The number of carbonyl (C=O) groups is 3. The third kappa shape index (κ3) is 5.77. The topological polar surface area (TPSA) is 113 Å². The van der Waals surface area contributed by atoms with Crippen LogP contribution in [0.4, 0.5) is 0 Å². The molecule has 1 amide bonds. The molecule has 0 aromatic heterocycles. The second-order valence-electron chi connectivity index (χ2n) is 9.43. The zero-order valence-electron chi connectivity index (χ0n) is 20.2. The van der Waals surface area contributed by atoms with Crippen LogP contribution in [0.25, 0.3) is 0 Å². The van der Waals surface area contributed by atoms with E-state index in [1.54, 1.807) is 20.8 Å². The molecule has 0 aliphatic carbocycles. The second kappa shape index (κ2) is 10.9. The predicted octanol–water partition coefficient (Wildman–Crippen LogP) is 2.36. The minimum Gasteiger partial charge on any atom is -0.456 e. The molecule has 182 valence electrons. The van der Waals surface area contributed by atoms with Crippen molar-refractivity contribution >= 4 is 17.7 Å². The molecule has 2 rings (SSSR count). The van der Waals surface area contributed by atoms with Crippen LogP contribution < -0.4 is 0 Å². The largest absolute Gasteiger partial charge is 0.456 e. The van der Waals surface area contributed by atoms with E-state index in [0.717, 1.165) is 5.57 Å². The fourth-order valence-electron chi connectivity index (χ4n) is 4.36. The number of hydrogen-bond acceptors (Lipinski definition) is 7. The zero-order chi connectivity index (χ0) is 24.2. The Kier molecular flexibility index (Phi) is 9.02. The van der Waals surface area contributed by atoms with E-state index < -0.39 is 47.6 Å². The van der Waals surface area contributed by atoms with Gasteiger partial charge in [0.15, 0.2) is 0 Å². The lowest BCUT2D eigenvalue weighted by atomic mass is 9.87. The lowest BCUT2D eigenvalue weighted by molar-refractivity contribution is -0.259. The number of ketones is 1. The minimum absolute atomic E-state index is 0.0921. The standard InChI is InChI=1S/C24H39NO7/c1-7-20(15(3)13-14(2)18(6)26)31-23(29)19-9-8-12-25(19)22(28)21(27)24(30)16(4)10-11-17(5)32-24/h13-14,16-20,26,30H,7-12H2,1-6H3/b15-13+. The van der Waals surface area contributed by atoms with Crippen LogP contribution in [0.1, 0.15) is 73.6 Å². The molecule has 32 heavy (non-hydrogen) atoms. The summed E-state index contributed by atoms with van der Waals surface area (Å²) in [5.74, 6) is -5.28. The first-order valence-corrected chi connectivity index (χ1v) is 11.7. The average Bonchev–Trinajstić information content (AvgIpc) is 3.23. The van der Waals surface area contributed by atoms with E-state index in [4.69, 9.17) is 9.47 Å². The Balaban J connectivity index is 2.12. The van der Waals surface area contributed by atoms with Gasteiger partial charge in [0.05, 0.1) is 12.2 Å². The number of nitrogens with zero attached hydrogens (tertiary/aromatic N) is 1. The number of amides is 1.